The van der Waals surface area contributed by atoms with E-state index in [2.05, 4.69) is 47.8 Å². The first-order chi connectivity index (χ1) is 12.7. The Bertz CT molecular complexity index is 1050. The molecule has 1 aliphatic carbocycles. The molecule has 1 aliphatic heterocycles. The van der Waals surface area contributed by atoms with Gasteiger partial charge < -0.3 is 10.4 Å². The molecule has 1 heterocycles. The van der Waals surface area contributed by atoms with Gasteiger partial charge in [-0.2, -0.15) is 0 Å². The van der Waals surface area contributed by atoms with Crippen LogP contribution in [0.4, 0.5) is 5.69 Å². The summed E-state index contributed by atoms with van der Waals surface area (Å²) in [5.41, 5.74) is 3.71. The molecule has 0 bridgehead atoms. The molecule has 0 fully saturated rings. The Kier molecular flexibility index (Phi) is 3.35. The van der Waals surface area contributed by atoms with Crippen LogP contribution in [0.5, 0.6) is 0 Å². The van der Waals surface area contributed by atoms with E-state index in [9.17, 15) is 9.90 Å². The highest BCUT2D eigenvalue weighted by molar-refractivity contribution is 5.97. The molecule has 3 atom stereocenters. The number of fused-ring (bicyclic) bond motifs is 5. The Hall–Kier alpha value is -3.07. The van der Waals surface area contributed by atoms with Crippen LogP contribution in [-0.4, -0.2) is 11.1 Å². The topological polar surface area (TPSA) is 49.3 Å². The van der Waals surface area contributed by atoms with Gasteiger partial charge in [0.25, 0.3) is 0 Å². The second-order valence-corrected chi connectivity index (χ2v) is 7.12. The van der Waals surface area contributed by atoms with Gasteiger partial charge in [0, 0.05) is 17.0 Å². The number of hydrogen-bond acceptors (Lipinski definition) is 2. The summed E-state index contributed by atoms with van der Waals surface area (Å²) in [6.07, 6.45) is 5.48. The summed E-state index contributed by atoms with van der Waals surface area (Å²) in [6.45, 7) is 0. The molecule has 3 aromatic carbocycles. The summed E-state index contributed by atoms with van der Waals surface area (Å²) in [4.78, 5) is 11.8. The number of nitrogens with one attached hydrogen (secondary N) is 1. The lowest BCUT2D eigenvalue weighted by atomic mass is 9.75. The van der Waals surface area contributed by atoms with Gasteiger partial charge in [-0.1, -0.05) is 66.7 Å². The van der Waals surface area contributed by atoms with Crippen molar-refractivity contribution in [3.63, 3.8) is 0 Å². The zero-order chi connectivity index (χ0) is 17.7. The highest BCUT2D eigenvalue weighted by Gasteiger charge is 2.39. The second kappa shape index (κ2) is 5.73. The van der Waals surface area contributed by atoms with Crippen LogP contribution in [0.3, 0.4) is 0 Å². The normalized spacial score (nSPS) is 23.3. The van der Waals surface area contributed by atoms with E-state index >= 15 is 0 Å². The van der Waals surface area contributed by atoms with Crippen LogP contribution in [0.1, 0.15) is 39.9 Å². The molecule has 2 aliphatic rings. The highest BCUT2D eigenvalue weighted by Crippen LogP contribution is 2.51. The summed E-state index contributed by atoms with van der Waals surface area (Å²) in [7, 11) is 0. The number of allylic oxidation sites excluding steroid dienone is 2. The molecule has 0 unspecified atom stereocenters. The molecule has 0 saturated heterocycles. The first-order valence-corrected chi connectivity index (χ1v) is 9.01. The molecule has 0 saturated carbocycles. The maximum absolute atomic E-state index is 11.8. The fraction of sp³-hybridized carbons (Fsp3) is 0.174. The Morgan fingerprint density at radius 1 is 0.962 bits per heavy atom. The molecule has 0 spiro atoms. The minimum atomic E-state index is -0.867. The van der Waals surface area contributed by atoms with Crippen molar-refractivity contribution in [2.45, 2.75) is 18.4 Å². The number of aromatic carboxylic acids is 1. The van der Waals surface area contributed by atoms with Crippen LogP contribution in [-0.2, 0) is 0 Å². The minimum absolute atomic E-state index is 0.0133. The number of carbonyl (C=O) groups is 1. The van der Waals surface area contributed by atoms with Crippen molar-refractivity contribution >= 4 is 22.4 Å². The summed E-state index contributed by atoms with van der Waals surface area (Å²) in [6, 6.07) is 20.1. The van der Waals surface area contributed by atoms with Gasteiger partial charge in [0.1, 0.15) is 0 Å². The van der Waals surface area contributed by atoms with E-state index in [0.29, 0.717) is 17.4 Å². The van der Waals surface area contributed by atoms with Crippen molar-refractivity contribution in [3.8, 4) is 0 Å². The third-order valence-electron chi connectivity index (χ3n) is 5.79. The van der Waals surface area contributed by atoms with E-state index < -0.39 is 5.97 Å². The molecule has 128 valence electrons. The Balaban J connectivity index is 1.72. The van der Waals surface area contributed by atoms with E-state index in [1.807, 2.05) is 18.2 Å². The van der Waals surface area contributed by atoms with Gasteiger partial charge in [-0.15, -0.1) is 0 Å². The Morgan fingerprint density at radius 2 is 1.77 bits per heavy atom. The van der Waals surface area contributed by atoms with E-state index in [-0.39, 0.29) is 6.04 Å². The van der Waals surface area contributed by atoms with Crippen molar-refractivity contribution < 1.29 is 9.90 Å². The summed E-state index contributed by atoms with van der Waals surface area (Å²) in [5.74, 6) is -0.208. The van der Waals surface area contributed by atoms with Crippen LogP contribution in [0, 0.1) is 5.92 Å². The van der Waals surface area contributed by atoms with Gasteiger partial charge in [-0.05, 0) is 34.9 Å². The minimum Gasteiger partial charge on any atom is -0.478 e. The zero-order valence-electron chi connectivity index (χ0n) is 14.2. The fourth-order valence-corrected chi connectivity index (χ4v) is 4.61. The number of hydrogen-bond donors (Lipinski definition) is 2. The summed E-state index contributed by atoms with van der Waals surface area (Å²) in [5, 5.41) is 15.8. The molecular weight excluding hydrogens is 322 g/mol. The van der Waals surface area contributed by atoms with Gasteiger partial charge in [-0.3, -0.25) is 0 Å². The average Bonchev–Trinajstić information content (AvgIpc) is 3.17. The highest BCUT2D eigenvalue weighted by atomic mass is 16.4. The van der Waals surface area contributed by atoms with Crippen LogP contribution in [0.25, 0.3) is 10.8 Å². The van der Waals surface area contributed by atoms with Gasteiger partial charge in [0.2, 0.25) is 0 Å². The van der Waals surface area contributed by atoms with Crippen LogP contribution >= 0.6 is 0 Å². The lowest BCUT2D eigenvalue weighted by molar-refractivity contribution is 0.0694. The van der Waals surface area contributed by atoms with Gasteiger partial charge in [-0.25, -0.2) is 4.79 Å². The van der Waals surface area contributed by atoms with Crippen LogP contribution < -0.4 is 5.32 Å². The zero-order valence-corrected chi connectivity index (χ0v) is 14.2. The maximum Gasteiger partial charge on any atom is 0.336 e. The molecule has 0 amide bonds. The molecule has 0 radical (unpaired) electrons. The third-order valence-corrected chi connectivity index (χ3v) is 5.79. The number of carboxylic acids is 1. The van der Waals surface area contributed by atoms with E-state index in [1.165, 1.54) is 16.3 Å². The molecule has 26 heavy (non-hydrogen) atoms. The number of rotatable bonds is 2. The molecule has 3 heteroatoms. The molecule has 2 N–H and O–H groups in total. The largest absolute Gasteiger partial charge is 0.478 e. The van der Waals surface area contributed by atoms with E-state index in [0.717, 1.165) is 17.7 Å². The van der Waals surface area contributed by atoms with Crippen molar-refractivity contribution in [3.05, 3.63) is 89.5 Å². The standard InChI is InChI=1S/C23H19NO2/c25-23(26)20-9-4-3-8-18(20)22-17-11-5-10-16(17)19-13-12-14-6-1-2-7-15(14)21(19)24-22/h1-10,12-13,16-17,22,24H,11H2,(H,25,26)/t16-,17-,22-/m1/s1. The molecule has 5 rings (SSSR count). The molecular formula is C23H19NO2. The van der Waals surface area contributed by atoms with Gasteiger partial charge in [0.05, 0.1) is 11.6 Å². The van der Waals surface area contributed by atoms with Gasteiger partial charge in [0.15, 0.2) is 0 Å². The van der Waals surface area contributed by atoms with Crippen molar-refractivity contribution in [1.29, 1.82) is 0 Å². The average molecular weight is 341 g/mol. The first kappa shape index (κ1) is 15.2. The van der Waals surface area contributed by atoms with Crippen molar-refractivity contribution in [2.24, 2.45) is 5.92 Å². The quantitative estimate of drug-likeness (QED) is 0.617. The molecule has 3 aromatic rings. The summed E-state index contributed by atoms with van der Waals surface area (Å²) >= 11 is 0. The molecule has 3 nitrogen and oxygen atoms in total. The number of carboxylic acid groups (broad SMARTS) is 1. The Morgan fingerprint density at radius 3 is 2.65 bits per heavy atom. The first-order valence-electron chi connectivity index (χ1n) is 9.01. The van der Waals surface area contributed by atoms with Crippen molar-refractivity contribution in [2.75, 3.05) is 5.32 Å². The SMILES string of the molecule is O=C(O)c1ccccc1[C@@H]1Nc2c(ccc3ccccc23)[C@@H]2C=CC[C@H]21. The molecule has 0 aromatic heterocycles. The van der Waals surface area contributed by atoms with E-state index in [4.69, 9.17) is 0 Å². The third kappa shape index (κ3) is 2.17. The van der Waals surface area contributed by atoms with Crippen LogP contribution in [0.15, 0.2) is 72.8 Å². The lowest BCUT2D eigenvalue weighted by Crippen LogP contribution is -2.30. The predicted octanol–water partition coefficient (Wildman–Crippen LogP) is 5.36. The lowest BCUT2D eigenvalue weighted by Gasteiger charge is -2.38. The predicted molar refractivity (Wildman–Crippen MR) is 104 cm³/mol. The second-order valence-electron chi connectivity index (χ2n) is 7.12. The number of anilines is 1. The van der Waals surface area contributed by atoms with Crippen molar-refractivity contribution in [1.82, 2.24) is 0 Å². The van der Waals surface area contributed by atoms with Crippen LogP contribution in [0.2, 0.25) is 0 Å². The fourth-order valence-electron chi connectivity index (χ4n) is 4.61. The monoisotopic (exact) mass is 341 g/mol. The summed E-state index contributed by atoms with van der Waals surface area (Å²) < 4.78 is 0. The van der Waals surface area contributed by atoms with E-state index in [1.54, 1.807) is 12.1 Å². The smallest absolute Gasteiger partial charge is 0.336 e. The maximum atomic E-state index is 11.8. The number of benzene rings is 3. The van der Waals surface area contributed by atoms with Gasteiger partial charge >= 0.3 is 5.97 Å². The Labute approximate surface area is 152 Å².